The van der Waals surface area contributed by atoms with Gasteiger partial charge < -0.3 is 10.2 Å². The van der Waals surface area contributed by atoms with Crippen molar-refractivity contribution in [3.8, 4) is 0 Å². The summed E-state index contributed by atoms with van der Waals surface area (Å²) >= 11 is 5.97. The third-order valence-electron chi connectivity index (χ3n) is 4.48. The Morgan fingerprint density at radius 2 is 1.71 bits per heavy atom. The number of alkyl halides is 3. The van der Waals surface area contributed by atoms with E-state index in [2.05, 4.69) is 16.2 Å². The molecule has 2 aromatic carbocycles. The lowest BCUT2D eigenvalue weighted by atomic mass is 10.0. The Labute approximate surface area is 183 Å². The fourth-order valence-electron chi connectivity index (χ4n) is 2.70. The van der Waals surface area contributed by atoms with Crippen LogP contribution in [-0.2, 0) is 11.0 Å². The summed E-state index contributed by atoms with van der Waals surface area (Å²) in [6.45, 7) is 3.50. The Morgan fingerprint density at radius 3 is 2.26 bits per heavy atom. The quantitative estimate of drug-likeness (QED) is 0.566. The van der Waals surface area contributed by atoms with Crippen LogP contribution in [0.3, 0.4) is 0 Å². The minimum absolute atomic E-state index is 0.169. The summed E-state index contributed by atoms with van der Waals surface area (Å²) in [6, 6.07) is 8.80. The van der Waals surface area contributed by atoms with Gasteiger partial charge in [-0.05, 0) is 42.3 Å². The van der Waals surface area contributed by atoms with E-state index in [1.807, 2.05) is 25.1 Å². The lowest BCUT2D eigenvalue weighted by Crippen LogP contribution is -2.50. The van der Waals surface area contributed by atoms with Crippen molar-refractivity contribution in [3.63, 3.8) is 0 Å². The number of nitrogens with one attached hydrogen (secondary N) is 3. The molecule has 0 bridgehead atoms. The first-order chi connectivity index (χ1) is 14.4. The van der Waals surface area contributed by atoms with Crippen LogP contribution >= 0.6 is 11.6 Å². The molecule has 0 heterocycles. The van der Waals surface area contributed by atoms with E-state index in [1.54, 1.807) is 32.0 Å². The molecule has 2 amide bonds. The SMILES string of the molecule is CC(C)C(Nc1ccc(C(F)(F)F)cc1Cl)C(=O)NNC(=O)c1cccc(N(C)C)c1. The predicted molar refractivity (Wildman–Crippen MR) is 115 cm³/mol. The van der Waals surface area contributed by atoms with E-state index in [1.165, 1.54) is 6.07 Å². The molecular weight excluding hydrogens is 433 g/mol. The summed E-state index contributed by atoms with van der Waals surface area (Å²) in [5, 5.41) is 2.67. The van der Waals surface area contributed by atoms with Gasteiger partial charge in [-0.25, -0.2) is 0 Å². The third kappa shape index (κ3) is 6.52. The molecule has 168 valence electrons. The molecule has 0 aliphatic rings. The number of hydrazine groups is 1. The number of amides is 2. The maximum absolute atomic E-state index is 12.8. The maximum atomic E-state index is 12.8. The maximum Gasteiger partial charge on any atom is 0.416 e. The number of anilines is 2. The molecule has 0 fully saturated rings. The Kier molecular flexibility index (Phi) is 7.78. The van der Waals surface area contributed by atoms with E-state index in [4.69, 9.17) is 11.6 Å². The Morgan fingerprint density at radius 1 is 1.03 bits per heavy atom. The van der Waals surface area contributed by atoms with Crippen molar-refractivity contribution in [1.82, 2.24) is 10.9 Å². The van der Waals surface area contributed by atoms with Gasteiger partial charge in [0.2, 0.25) is 0 Å². The molecule has 2 rings (SSSR count). The van der Waals surface area contributed by atoms with Gasteiger partial charge in [-0.15, -0.1) is 0 Å². The van der Waals surface area contributed by atoms with Crippen LogP contribution in [0, 0.1) is 5.92 Å². The van der Waals surface area contributed by atoms with Gasteiger partial charge in [0, 0.05) is 25.3 Å². The molecule has 0 aliphatic carbocycles. The van der Waals surface area contributed by atoms with Crippen LogP contribution in [-0.4, -0.2) is 32.0 Å². The summed E-state index contributed by atoms with van der Waals surface area (Å²) < 4.78 is 38.5. The monoisotopic (exact) mass is 456 g/mol. The van der Waals surface area contributed by atoms with Crippen molar-refractivity contribution < 1.29 is 22.8 Å². The molecule has 31 heavy (non-hydrogen) atoms. The highest BCUT2D eigenvalue weighted by Gasteiger charge is 2.31. The summed E-state index contributed by atoms with van der Waals surface area (Å²) in [6.07, 6.45) is -4.52. The van der Waals surface area contributed by atoms with Crippen LogP contribution in [0.2, 0.25) is 5.02 Å². The first kappa shape index (κ1) is 24.3. The van der Waals surface area contributed by atoms with Crippen molar-refractivity contribution >= 4 is 34.8 Å². The zero-order chi connectivity index (χ0) is 23.3. The number of rotatable bonds is 6. The van der Waals surface area contributed by atoms with Crippen LogP contribution in [0.1, 0.15) is 29.8 Å². The van der Waals surface area contributed by atoms with E-state index in [0.717, 1.165) is 17.8 Å². The smallest absolute Gasteiger partial charge is 0.378 e. The average molecular weight is 457 g/mol. The Bertz CT molecular complexity index is 948. The summed E-state index contributed by atoms with van der Waals surface area (Å²) in [5.74, 6) is -1.33. The van der Waals surface area contributed by atoms with Crippen molar-refractivity contribution in [2.75, 3.05) is 24.3 Å². The molecule has 2 aromatic rings. The zero-order valence-electron chi connectivity index (χ0n) is 17.5. The van der Waals surface area contributed by atoms with E-state index < -0.39 is 29.6 Å². The summed E-state index contributed by atoms with van der Waals surface area (Å²) in [7, 11) is 3.67. The largest absolute Gasteiger partial charge is 0.416 e. The molecule has 0 saturated heterocycles. The molecule has 0 saturated carbocycles. The van der Waals surface area contributed by atoms with Gasteiger partial charge >= 0.3 is 6.18 Å². The highest BCUT2D eigenvalue weighted by atomic mass is 35.5. The minimum atomic E-state index is -4.52. The number of benzene rings is 2. The van der Waals surface area contributed by atoms with Crippen LogP contribution < -0.4 is 21.1 Å². The van der Waals surface area contributed by atoms with E-state index >= 15 is 0 Å². The molecule has 0 spiro atoms. The molecule has 0 aliphatic heterocycles. The van der Waals surface area contributed by atoms with Crippen molar-refractivity contribution in [2.24, 2.45) is 5.92 Å². The predicted octanol–water partition coefficient (Wildman–Crippen LogP) is 4.32. The molecular formula is C21H24ClF3N4O2. The number of carbonyl (C=O) groups excluding carboxylic acids is 2. The van der Waals surface area contributed by atoms with Gasteiger partial charge in [0.25, 0.3) is 11.8 Å². The highest BCUT2D eigenvalue weighted by molar-refractivity contribution is 6.33. The van der Waals surface area contributed by atoms with Gasteiger partial charge in [-0.1, -0.05) is 31.5 Å². The van der Waals surface area contributed by atoms with Crippen molar-refractivity contribution in [1.29, 1.82) is 0 Å². The minimum Gasteiger partial charge on any atom is -0.378 e. The van der Waals surface area contributed by atoms with E-state index in [-0.39, 0.29) is 16.6 Å². The number of hydrogen-bond acceptors (Lipinski definition) is 4. The number of carbonyl (C=O) groups is 2. The fraction of sp³-hybridized carbons (Fsp3) is 0.333. The Hall–Kier alpha value is -2.94. The van der Waals surface area contributed by atoms with Gasteiger partial charge in [0.15, 0.2) is 0 Å². The van der Waals surface area contributed by atoms with Crippen molar-refractivity contribution in [2.45, 2.75) is 26.1 Å². The average Bonchev–Trinajstić information content (AvgIpc) is 2.69. The summed E-state index contributed by atoms with van der Waals surface area (Å²) in [5.41, 5.74) is 5.16. The lowest BCUT2D eigenvalue weighted by Gasteiger charge is -2.24. The molecule has 3 N–H and O–H groups in total. The third-order valence-corrected chi connectivity index (χ3v) is 4.79. The molecule has 1 unspecified atom stereocenters. The number of hydrogen-bond donors (Lipinski definition) is 3. The second kappa shape index (κ2) is 9.91. The molecule has 0 aromatic heterocycles. The molecule has 1 atom stereocenters. The van der Waals surface area contributed by atoms with E-state index in [0.29, 0.717) is 5.56 Å². The first-order valence-corrected chi connectivity index (χ1v) is 9.78. The van der Waals surface area contributed by atoms with Crippen LogP contribution in [0.5, 0.6) is 0 Å². The standard InChI is InChI=1S/C21H24ClF3N4O2/c1-12(2)18(26-17-9-8-14(11-16(17)22)21(23,24)25)20(31)28-27-19(30)13-6-5-7-15(10-13)29(3)4/h5-12,18,26H,1-4H3,(H,27,30)(H,28,31). The second-order valence-corrected chi connectivity index (χ2v) is 7.85. The van der Waals surface area contributed by atoms with Gasteiger partial charge in [-0.2, -0.15) is 13.2 Å². The van der Waals surface area contributed by atoms with Gasteiger partial charge in [-0.3, -0.25) is 20.4 Å². The molecule has 10 heteroatoms. The fourth-order valence-corrected chi connectivity index (χ4v) is 2.94. The van der Waals surface area contributed by atoms with Gasteiger partial charge in [0.05, 0.1) is 16.3 Å². The second-order valence-electron chi connectivity index (χ2n) is 7.45. The zero-order valence-corrected chi connectivity index (χ0v) is 18.2. The van der Waals surface area contributed by atoms with Gasteiger partial charge in [0.1, 0.15) is 6.04 Å². The first-order valence-electron chi connectivity index (χ1n) is 9.41. The van der Waals surface area contributed by atoms with Crippen molar-refractivity contribution in [3.05, 3.63) is 58.6 Å². The normalized spacial score (nSPS) is 12.3. The van der Waals surface area contributed by atoms with Crippen LogP contribution in [0.15, 0.2) is 42.5 Å². The molecule has 6 nitrogen and oxygen atoms in total. The number of halogens is 4. The Balaban J connectivity index is 2.08. The van der Waals surface area contributed by atoms with Crippen LogP contribution in [0.25, 0.3) is 0 Å². The number of nitrogens with zero attached hydrogens (tertiary/aromatic N) is 1. The van der Waals surface area contributed by atoms with Crippen LogP contribution in [0.4, 0.5) is 24.5 Å². The van der Waals surface area contributed by atoms with E-state index in [9.17, 15) is 22.8 Å². The molecule has 0 radical (unpaired) electrons. The topological polar surface area (TPSA) is 73.5 Å². The lowest BCUT2D eigenvalue weighted by molar-refractivity contribution is -0.137. The highest BCUT2D eigenvalue weighted by Crippen LogP contribution is 2.34. The summed E-state index contributed by atoms with van der Waals surface area (Å²) in [4.78, 5) is 26.8.